The van der Waals surface area contributed by atoms with Gasteiger partial charge in [-0.15, -0.1) is 0 Å². The van der Waals surface area contributed by atoms with Crippen molar-refractivity contribution < 1.29 is 4.79 Å². The third-order valence-corrected chi connectivity index (χ3v) is 2.64. The second-order valence-electron chi connectivity index (χ2n) is 4.37. The molecule has 5 heteroatoms. The van der Waals surface area contributed by atoms with E-state index in [-0.39, 0.29) is 5.91 Å². The summed E-state index contributed by atoms with van der Waals surface area (Å²) in [6, 6.07) is 0.469. The molecule has 1 aromatic heterocycles. The second-order valence-corrected chi connectivity index (χ2v) is 4.37. The Labute approximate surface area is 101 Å². The third kappa shape index (κ3) is 4.91. The molecule has 0 atom stereocenters. The Balaban J connectivity index is 1.50. The highest BCUT2D eigenvalue weighted by molar-refractivity contribution is 5.76. The van der Waals surface area contributed by atoms with Crippen LogP contribution < -0.4 is 10.6 Å². The maximum Gasteiger partial charge on any atom is 0.220 e. The van der Waals surface area contributed by atoms with Crippen molar-refractivity contribution in [2.75, 3.05) is 6.54 Å². The summed E-state index contributed by atoms with van der Waals surface area (Å²) in [4.78, 5) is 19.2. The largest absolute Gasteiger partial charge is 0.353 e. The van der Waals surface area contributed by atoms with Gasteiger partial charge < -0.3 is 10.6 Å². The van der Waals surface area contributed by atoms with E-state index in [0.29, 0.717) is 12.5 Å². The Morgan fingerprint density at radius 2 is 2.12 bits per heavy atom. The van der Waals surface area contributed by atoms with Gasteiger partial charge in [0.15, 0.2) is 0 Å². The average molecular weight is 234 g/mol. The summed E-state index contributed by atoms with van der Waals surface area (Å²) < 4.78 is 0. The molecular weight excluding hydrogens is 216 g/mol. The van der Waals surface area contributed by atoms with E-state index in [2.05, 4.69) is 20.6 Å². The highest BCUT2D eigenvalue weighted by Gasteiger charge is 2.22. The summed E-state index contributed by atoms with van der Waals surface area (Å²) in [5.41, 5.74) is 1.06. The zero-order valence-corrected chi connectivity index (χ0v) is 9.85. The van der Waals surface area contributed by atoms with E-state index in [0.717, 1.165) is 37.9 Å². The fourth-order valence-corrected chi connectivity index (χ4v) is 1.56. The summed E-state index contributed by atoms with van der Waals surface area (Å²) in [6.45, 7) is 1.60. The van der Waals surface area contributed by atoms with Crippen LogP contribution in [-0.4, -0.2) is 28.5 Å². The number of rotatable bonds is 7. The van der Waals surface area contributed by atoms with Gasteiger partial charge in [0, 0.05) is 37.0 Å². The van der Waals surface area contributed by atoms with Crippen LogP contribution in [0.1, 0.15) is 31.2 Å². The van der Waals surface area contributed by atoms with E-state index in [4.69, 9.17) is 0 Å². The van der Waals surface area contributed by atoms with Crippen LogP contribution in [0.3, 0.4) is 0 Å². The number of hydrogen-bond acceptors (Lipinski definition) is 4. The minimum absolute atomic E-state index is 0.178. The SMILES string of the molecule is O=C(CCCNCc1cncnc1)NC1CC1. The fraction of sp³-hybridized carbons (Fsp3) is 0.583. The van der Waals surface area contributed by atoms with Gasteiger partial charge in [-0.2, -0.15) is 0 Å². The quantitative estimate of drug-likeness (QED) is 0.679. The Morgan fingerprint density at radius 1 is 1.35 bits per heavy atom. The lowest BCUT2D eigenvalue weighted by Gasteiger charge is -2.05. The molecule has 1 aromatic rings. The van der Waals surface area contributed by atoms with Crippen LogP contribution in [-0.2, 0) is 11.3 Å². The van der Waals surface area contributed by atoms with Gasteiger partial charge in [-0.3, -0.25) is 4.79 Å². The highest BCUT2D eigenvalue weighted by atomic mass is 16.1. The smallest absolute Gasteiger partial charge is 0.220 e. The molecule has 0 aliphatic heterocycles. The molecular formula is C12H18N4O. The predicted octanol–water partition coefficient (Wildman–Crippen LogP) is 0.625. The standard InChI is InChI=1S/C12H18N4O/c17-12(16-11-3-4-11)2-1-5-13-6-10-7-14-9-15-8-10/h7-9,11,13H,1-6H2,(H,16,17). The molecule has 0 aromatic carbocycles. The average Bonchev–Trinajstić information content (AvgIpc) is 3.14. The van der Waals surface area contributed by atoms with Crippen LogP contribution in [0.4, 0.5) is 0 Å². The van der Waals surface area contributed by atoms with Gasteiger partial charge in [0.25, 0.3) is 0 Å². The topological polar surface area (TPSA) is 66.9 Å². The molecule has 0 bridgehead atoms. The Kier molecular flexibility index (Phi) is 4.44. The van der Waals surface area contributed by atoms with Crippen molar-refractivity contribution in [3.63, 3.8) is 0 Å². The summed E-state index contributed by atoms with van der Waals surface area (Å²) >= 11 is 0. The van der Waals surface area contributed by atoms with Crippen LogP contribution in [0.15, 0.2) is 18.7 Å². The van der Waals surface area contributed by atoms with Gasteiger partial charge in [0.1, 0.15) is 6.33 Å². The summed E-state index contributed by atoms with van der Waals surface area (Å²) in [6.07, 6.45) is 8.88. The number of nitrogens with one attached hydrogen (secondary N) is 2. The molecule has 1 aliphatic rings. The normalized spacial score (nSPS) is 14.6. The lowest BCUT2D eigenvalue weighted by atomic mass is 10.3. The highest BCUT2D eigenvalue weighted by Crippen LogP contribution is 2.18. The molecule has 17 heavy (non-hydrogen) atoms. The Hall–Kier alpha value is -1.49. The van der Waals surface area contributed by atoms with Crippen LogP contribution in [0.5, 0.6) is 0 Å². The van der Waals surface area contributed by atoms with E-state index >= 15 is 0 Å². The number of aromatic nitrogens is 2. The molecule has 1 amide bonds. The van der Waals surface area contributed by atoms with Crippen molar-refractivity contribution in [3.05, 3.63) is 24.3 Å². The van der Waals surface area contributed by atoms with E-state index in [1.165, 1.54) is 6.33 Å². The lowest BCUT2D eigenvalue weighted by Crippen LogP contribution is -2.26. The van der Waals surface area contributed by atoms with Gasteiger partial charge in [-0.05, 0) is 25.8 Å². The maximum atomic E-state index is 11.4. The molecule has 5 nitrogen and oxygen atoms in total. The molecule has 0 radical (unpaired) electrons. The fourth-order valence-electron chi connectivity index (χ4n) is 1.56. The first kappa shape index (κ1) is 12.0. The summed E-state index contributed by atoms with van der Waals surface area (Å²) in [5, 5.41) is 6.24. The van der Waals surface area contributed by atoms with Gasteiger partial charge in [0.2, 0.25) is 5.91 Å². The minimum Gasteiger partial charge on any atom is -0.353 e. The van der Waals surface area contributed by atoms with E-state index in [1.807, 2.05) is 0 Å². The first-order valence-electron chi connectivity index (χ1n) is 6.08. The molecule has 1 heterocycles. The van der Waals surface area contributed by atoms with Crippen molar-refractivity contribution in [2.24, 2.45) is 0 Å². The summed E-state index contributed by atoms with van der Waals surface area (Å²) in [7, 11) is 0. The van der Waals surface area contributed by atoms with Gasteiger partial charge in [-0.25, -0.2) is 9.97 Å². The van der Waals surface area contributed by atoms with E-state index in [1.54, 1.807) is 12.4 Å². The molecule has 1 saturated carbocycles. The lowest BCUT2D eigenvalue weighted by molar-refractivity contribution is -0.121. The first-order valence-corrected chi connectivity index (χ1v) is 6.08. The summed E-state index contributed by atoms with van der Waals surface area (Å²) in [5.74, 6) is 0.178. The maximum absolute atomic E-state index is 11.4. The molecule has 0 saturated heterocycles. The molecule has 92 valence electrons. The molecule has 1 fully saturated rings. The second kappa shape index (κ2) is 6.30. The van der Waals surface area contributed by atoms with Crippen LogP contribution >= 0.6 is 0 Å². The first-order chi connectivity index (χ1) is 8.34. The van der Waals surface area contributed by atoms with Crippen LogP contribution in [0, 0.1) is 0 Å². The Morgan fingerprint density at radius 3 is 2.82 bits per heavy atom. The molecule has 0 unspecified atom stereocenters. The third-order valence-electron chi connectivity index (χ3n) is 2.64. The Bertz CT molecular complexity index is 351. The van der Waals surface area contributed by atoms with E-state index < -0.39 is 0 Å². The number of amides is 1. The predicted molar refractivity (Wildman–Crippen MR) is 64.1 cm³/mol. The number of carbonyl (C=O) groups excluding carboxylic acids is 1. The number of nitrogens with zero attached hydrogens (tertiary/aromatic N) is 2. The van der Waals surface area contributed by atoms with Crippen molar-refractivity contribution in [1.29, 1.82) is 0 Å². The van der Waals surface area contributed by atoms with Crippen molar-refractivity contribution in [1.82, 2.24) is 20.6 Å². The molecule has 0 spiro atoms. The monoisotopic (exact) mass is 234 g/mol. The van der Waals surface area contributed by atoms with Crippen LogP contribution in [0.25, 0.3) is 0 Å². The number of carbonyl (C=O) groups is 1. The zero-order chi connectivity index (χ0) is 11.9. The molecule has 2 rings (SSSR count). The minimum atomic E-state index is 0.178. The van der Waals surface area contributed by atoms with Crippen molar-refractivity contribution in [2.45, 2.75) is 38.3 Å². The van der Waals surface area contributed by atoms with E-state index in [9.17, 15) is 4.79 Å². The van der Waals surface area contributed by atoms with Crippen molar-refractivity contribution >= 4 is 5.91 Å². The molecule has 1 aliphatic carbocycles. The van der Waals surface area contributed by atoms with Gasteiger partial charge >= 0.3 is 0 Å². The van der Waals surface area contributed by atoms with Gasteiger partial charge in [0.05, 0.1) is 0 Å². The zero-order valence-electron chi connectivity index (χ0n) is 9.85. The van der Waals surface area contributed by atoms with Crippen molar-refractivity contribution in [3.8, 4) is 0 Å². The van der Waals surface area contributed by atoms with Gasteiger partial charge in [-0.1, -0.05) is 0 Å². The molecule has 2 N–H and O–H groups in total. The number of hydrogen-bond donors (Lipinski definition) is 2. The van der Waals surface area contributed by atoms with Crippen LogP contribution in [0.2, 0.25) is 0 Å².